The van der Waals surface area contributed by atoms with Crippen LogP contribution in [-0.2, 0) is 9.53 Å². The predicted molar refractivity (Wildman–Crippen MR) is 93.8 cm³/mol. The van der Waals surface area contributed by atoms with Crippen LogP contribution in [0.5, 0.6) is 5.75 Å². The highest BCUT2D eigenvalue weighted by molar-refractivity contribution is 9.09. The van der Waals surface area contributed by atoms with Gasteiger partial charge in [0.1, 0.15) is 11.4 Å². The number of anilines is 1. The van der Waals surface area contributed by atoms with Crippen molar-refractivity contribution in [2.75, 3.05) is 23.9 Å². The van der Waals surface area contributed by atoms with Gasteiger partial charge in [-0.1, -0.05) is 29.8 Å². The summed E-state index contributed by atoms with van der Waals surface area (Å²) in [7, 11) is 0. The van der Waals surface area contributed by atoms with Crippen molar-refractivity contribution in [2.24, 2.45) is 5.92 Å². The van der Waals surface area contributed by atoms with Gasteiger partial charge in [-0.3, -0.25) is 4.79 Å². The largest absolute Gasteiger partial charge is 0.493 e. The zero-order valence-corrected chi connectivity index (χ0v) is 15.4. The molecule has 22 heavy (non-hydrogen) atoms. The van der Waals surface area contributed by atoms with Gasteiger partial charge in [-0.25, -0.2) is 0 Å². The summed E-state index contributed by atoms with van der Waals surface area (Å²) in [6.07, 6.45) is 0.680. The van der Waals surface area contributed by atoms with Crippen LogP contribution >= 0.6 is 15.9 Å². The summed E-state index contributed by atoms with van der Waals surface area (Å²) in [5.41, 5.74) is -0.0699. The van der Waals surface area contributed by atoms with E-state index in [4.69, 9.17) is 9.47 Å². The molecule has 1 aromatic carbocycles. The molecule has 1 amide bonds. The maximum Gasteiger partial charge on any atom is 0.256 e. The second-order valence-corrected chi connectivity index (χ2v) is 6.57. The summed E-state index contributed by atoms with van der Waals surface area (Å²) in [6, 6.07) is 7.36. The van der Waals surface area contributed by atoms with Crippen molar-refractivity contribution in [1.82, 2.24) is 0 Å². The van der Waals surface area contributed by atoms with Gasteiger partial charge in [0.2, 0.25) is 0 Å². The lowest BCUT2D eigenvalue weighted by Crippen LogP contribution is -2.43. The van der Waals surface area contributed by atoms with Gasteiger partial charge < -0.3 is 14.8 Å². The average Bonchev–Trinajstić information content (AvgIpc) is 2.46. The number of nitrogens with one attached hydrogen (secondary N) is 1. The standard InChI is InChI=1S/C17H26BrNO3/c1-5-22-17(4,12-13(2)3)16(20)19-14-6-8-15(9-7-14)21-11-10-18/h6-9,13H,5,10-12H2,1-4H3,(H,19,20). The van der Waals surface area contributed by atoms with Crippen LogP contribution in [0.4, 0.5) is 5.69 Å². The number of ether oxygens (including phenoxy) is 2. The summed E-state index contributed by atoms with van der Waals surface area (Å²) >= 11 is 3.31. The van der Waals surface area contributed by atoms with Crippen LogP contribution < -0.4 is 10.1 Å². The van der Waals surface area contributed by atoms with Crippen LogP contribution in [0.2, 0.25) is 0 Å². The van der Waals surface area contributed by atoms with Gasteiger partial charge in [0, 0.05) is 17.6 Å². The first-order chi connectivity index (χ1) is 10.4. The summed E-state index contributed by atoms with van der Waals surface area (Å²) in [6.45, 7) is 9.04. The van der Waals surface area contributed by atoms with Crippen molar-refractivity contribution in [1.29, 1.82) is 0 Å². The average molecular weight is 372 g/mol. The van der Waals surface area contributed by atoms with E-state index in [2.05, 4.69) is 35.1 Å². The van der Waals surface area contributed by atoms with E-state index in [1.165, 1.54) is 0 Å². The van der Waals surface area contributed by atoms with Gasteiger partial charge in [0.05, 0.1) is 6.61 Å². The number of amides is 1. The highest BCUT2D eigenvalue weighted by Gasteiger charge is 2.34. The molecule has 0 saturated heterocycles. The van der Waals surface area contributed by atoms with Gasteiger partial charge in [0.25, 0.3) is 5.91 Å². The van der Waals surface area contributed by atoms with Crippen LogP contribution in [0.25, 0.3) is 0 Å². The van der Waals surface area contributed by atoms with Gasteiger partial charge >= 0.3 is 0 Å². The molecule has 5 heteroatoms. The Balaban J connectivity index is 2.72. The van der Waals surface area contributed by atoms with Gasteiger partial charge in [-0.2, -0.15) is 0 Å². The van der Waals surface area contributed by atoms with Crippen LogP contribution in [0.15, 0.2) is 24.3 Å². The molecule has 1 unspecified atom stereocenters. The number of carbonyl (C=O) groups excluding carboxylic acids is 1. The molecule has 0 aliphatic rings. The predicted octanol–water partition coefficient (Wildman–Crippen LogP) is 4.24. The van der Waals surface area contributed by atoms with Crippen LogP contribution in [-0.4, -0.2) is 30.1 Å². The first-order valence-electron chi connectivity index (χ1n) is 7.65. The summed E-state index contributed by atoms with van der Waals surface area (Å²) in [5, 5.41) is 3.71. The van der Waals surface area contributed by atoms with Gasteiger partial charge in [0.15, 0.2) is 0 Å². The molecule has 0 saturated carbocycles. The molecule has 1 rings (SSSR count). The van der Waals surface area contributed by atoms with E-state index in [0.29, 0.717) is 25.6 Å². The number of carbonyl (C=O) groups is 1. The highest BCUT2D eigenvalue weighted by Crippen LogP contribution is 2.24. The van der Waals surface area contributed by atoms with E-state index in [-0.39, 0.29) is 5.91 Å². The van der Waals surface area contributed by atoms with Crippen molar-refractivity contribution in [3.63, 3.8) is 0 Å². The molecule has 1 N–H and O–H groups in total. The van der Waals surface area contributed by atoms with Gasteiger partial charge in [-0.15, -0.1) is 0 Å². The van der Waals surface area contributed by atoms with E-state index in [1.807, 2.05) is 38.1 Å². The number of hydrogen-bond acceptors (Lipinski definition) is 3. The van der Waals surface area contributed by atoms with Crippen molar-refractivity contribution < 1.29 is 14.3 Å². The van der Waals surface area contributed by atoms with Crippen LogP contribution in [0, 0.1) is 5.92 Å². The molecule has 1 atom stereocenters. The highest BCUT2D eigenvalue weighted by atomic mass is 79.9. The zero-order valence-electron chi connectivity index (χ0n) is 13.8. The lowest BCUT2D eigenvalue weighted by molar-refractivity contribution is -0.140. The third-order valence-electron chi connectivity index (χ3n) is 3.20. The second kappa shape index (κ2) is 9.16. The second-order valence-electron chi connectivity index (χ2n) is 5.78. The van der Waals surface area contributed by atoms with E-state index < -0.39 is 5.60 Å². The molecule has 0 aliphatic heterocycles. The summed E-state index contributed by atoms with van der Waals surface area (Å²) < 4.78 is 11.2. The van der Waals surface area contributed by atoms with E-state index >= 15 is 0 Å². The Morgan fingerprint density at radius 1 is 1.32 bits per heavy atom. The van der Waals surface area contributed by atoms with Gasteiger partial charge in [-0.05, 0) is 50.5 Å². The summed E-state index contributed by atoms with van der Waals surface area (Å²) in [5.74, 6) is 1.05. The van der Waals surface area contributed by atoms with Crippen molar-refractivity contribution >= 4 is 27.5 Å². The first-order valence-corrected chi connectivity index (χ1v) is 8.77. The molecule has 1 aromatic rings. The first kappa shape index (κ1) is 19.0. The molecule has 124 valence electrons. The minimum atomic E-state index is -0.811. The quantitative estimate of drug-likeness (QED) is 0.660. The summed E-state index contributed by atoms with van der Waals surface area (Å²) in [4.78, 5) is 12.5. The third-order valence-corrected chi connectivity index (χ3v) is 3.52. The Hall–Kier alpha value is -1.07. The number of benzene rings is 1. The smallest absolute Gasteiger partial charge is 0.256 e. The molecule has 0 spiro atoms. The number of hydrogen-bond donors (Lipinski definition) is 1. The minimum Gasteiger partial charge on any atom is -0.493 e. The molecule has 0 bridgehead atoms. The normalized spacial score (nSPS) is 13.7. The maximum atomic E-state index is 12.5. The van der Waals surface area contributed by atoms with Crippen molar-refractivity contribution in [3.05, 3.63) is 24.3 Å². The fourth-order valence-corrected chi connectivity index (χ4v) is 2.53. The Labute approximate surface area is 141 Å². The molecule has 4 nitrogen and oxygen atoms in total. The Morgan fingerprint density at radius 3 is 2.45 bits per heavy atom. The lowest BCUT2D eigenvalue weighted by Gasteiger charge is -2.29. The number of alkyl halides is 1. The topological polar surface area (TPSA) is 47.6 Å². The van der Waals surface area contributed by atoms with E-state index in [9.17, 15) is 4.79 Å². The SMILES string of the molecule is CCOC(C)(CC(C)C)C(=O)Nc1ccc(OCCBr)cc1. The number of rotatable bonds is 9. The van der Waals surface area contributed by atoms with Crippen molar-refractivity contribution in [2.45, 2.75) is 39.7 Å². The van der Waals surface area contributed by atoms with Crippen molar-refractivity contribution in [3.8, 4) is 5.75 Å². The molecule has 0 heterocycles. The molecular weight excluding hydrogens is 346 g/mol. The van der Waals surface area contributed by atoms with Crippen LogP contribution in [0.3, 0.4) is 0 Å². The maximum absolute atomic E-state index is 12.5. The molecule has 0 aliphatic carbocycles. The monoisotopic (exact) mass is 371 g/mol. The molecule has 0 fully saturated rings. The Bertz CT molecular complexity index is 461. The molecule has 0 radical (unpaired) electrons. The fourth-order valence-electron chi connectivity index (χ4n) is 2.37. The Morgan fingerprint density at radius 2 is 1.95 bits per heavy atom. The molecule has 0 aromatic heterocycles. The Kier molecular flexibility index (Phi) is 7.90. The van der Waals surface area contributed by atoms with E-state index in [1.54, 1.807) is 0 Å². The minimum absolute atomic E-state index is 0.114. The molecular formula is C17H26BrNO3. The van der Waals surface area contributed by atoms with Crippen LogP contribution in [0.1, 0.15) is 34.1 Å². The van der Waals surface area contributed by atoms with E-state index in [0.717, 1.165) is 16.8 Å². The zero-order chi connectivity index (χ0) is 16.6. The number of halogens is 1. The fraction of sp³-hybridized carbons (Fsp3) is 0.588. The lowest BCUT2D eigenvalue weighted by atomic mass is 9.93. The third kappa shape index (κ3) is 5.97.